The Balaban J connectivity index is 1.38. The van der Waals surface area contributed by atoms with Crippen LogP contribution in [0.2, 0.25) is 0 Å². The fraction of sp³-hybridized carbons (Fsp3) is 0.448. The van der Waals surface area contributed by atoms with Crippen LogP contribution in [0.4, 0.5) is 13.2 Å². The zero-order valence-corrected chi connectivity index (χ0v) is 21.8. The molecule has 1 aliphatic heterocycles. The van der Waals surface area contributed by atoms with E-state index in [9.17, 15) is 33.3 Å². The van der Waals surface area contributed by atoms with E-state index in [0.29, 0.717) is 78.7 Å². The summed E-state index contributed by atoms with van der Waals surface area (Å²) in [6, 6.07) is 7.27. The normalized spacial score (nSPS) is 16.4. The van der Waals surface area contributed by atoms with Crippen LogP contribution in [0.25, 0.3) is 10.9 Å². The minimum absolute atomic E-state index is 0.192. The number of benzene rings is 2. The van der Waals surface area contributed by atoms with Crippen molar-refractivity contribution in [3.05, 3.63) is 70.7 Å². The molecular formula is C29H33F3N2O5. The predicted octanol–water partition coefficient (Wildman–Crippen LogP) is 4.77. The molecule has 2 heterocycles. The summed E-state index contributed by atoms with van der Waals surface area (Å²) in [5.41, 5.74) is 1.01. The van der Waals surface area contributed by atoms with Gasteiger partial charge in [0.15, 0.2) is 17.5 Å². The lowest BCUT2D eigenvalue weighted by Crippen LogP contribution is -2.44. The molecule has 1 fully saturated rings. The number of fused-ring (bicyclic) bond motifs is 1. The molecule has 39 heavy (non-hydrogen) atoms. The molecule has 0 saturated carbocycles. The summed E-state index contributed by atoms with van der Waals surface area (Å²) < 4.78 is 45.4. The highest BCUT2D eigenvalue weighted by Gasteiger charge is 2.41. The van der Waals surface area contributed by atoms with Gasteiger partial charge in [0, 0.05) is 17.1 Å². The quantitative estimate of drug-likeness (QED) is 0.298. The van der Waals surface area contributed by atoms with Gasteiger partial charge in [-0.15, -0.1) is 0 Å². The number of aliphatic hydroxyl groups is 2. The van der Waals surface area contributed by atoms with Crippen LogP contribution in [0.3, 0.4) is 0 Å². The van der Waals surface area contributed by atoms with Crippen molar-refractivity contribution in [1.29, 1.82) is 0 Å². The Kier molecular flexibility index (Phi) is 9.09. The number of carbonyl (C=O) groups is 1. The maximum absolute atomic E-state index is 13.5. The number of carboxylic acids is 1. The Hall–Kier alpha value is -3.21. The molecule has 3 N–H and O–H groups in total. The summed E-state index contributed by atoms with van der Waals surface area (Å²) in [5.74, 6) is -4.22. The van der Waals surface area contributed by atoms with Crippen LogP contribution in [-0.2, 0) is 17.8 Å². The monoisotopic (exact) mass is 546 g/mol. The fourth-order valence-electron chi connectivity index (χ4n) is 5.47. The Labute approximate surface area is 224 Å². The van der Waals surface area contributed by atoms with Gasteiger partial charge < -0.3 is 25.0 Å². The van der Waals surface area contributed by atoms with Gasteiger partial charge >= 0.3 is 5.97 Å². The number of piperidine rings is 1. The van der Waals surface area contributed by atoms with Crippen LogP contribution >= 0.6 is 0 Å². The number of aliphatic hydroxyl groups excluding tert-OH is 2. The van der Waals surface area contributed by atoms with Gasteiger partial charge in [0.2, 0.25) is 0 Å². The second kappa shape index (κ2) is 12.3. The molecule has 4 rings (SSSR count). The fourth-order valence-corrected chi connectivity index (χ4v) is 5.47. The highest BCUT2D eigenvalue weighted by molar-refractivity contribution is 5.85. The maximum atomic E-state index is 13.5. The molecule has 1 aromatic heterocycles. The number of carboxylic acid groups (broad SMARTS) is 1. The Morgan fingerprint density at radius 2 is 1.85 bits per heavy atom. The first-order chi connectivity index (χ1) is 18.7. The average Bonchev–Trinajstić information content (AvgIpc) is 2.94. The lowest BCUT2D eigenvalue weighted by atomic mass is 9.73. The molecule has 3 aromatic rings. The molecule has 0 unspecified atom stereocenters. The number of pyridine rings is 1. The molecule has 2 aromatic carbocycles. The van der Waals surface area contributed by atoms with Gasteiger partial charge in [-0.1, -0.05) is 0 Å². The van der Waals surface area contributed by atoms with E-state index in [1.54, 1.807) is 18.2 Å². The number of ether oxygens (including phenoxy) is 1. The lowest BCUT2D eigenvalue weighted by Gasteiger charge is -2.39. The smallest absolute Gasteiger partial charge is 0.309 e. The van der Waals surface area contributed by atoms with Crippen LogP contribution in [0.1, 0.15) is 54.9 Å². The summed E-state index contributed by atoms with van der Waals surface area (Å²) in [6.07, 6.45) is 2.72. The van der Waals surface area contributed by atoms with E-state index in [0.717, 1.165) is 12.1 Å². The van der Waals surface area contributed by atoms with Crippen LogP contribution in [0, 0.1) is 22.9 Å². The van der Waals surface area contributed by atoms with E-state index in [1.165, 1.54) is 13.3 Å². The van der Waals surface area contributed by atoms with E-state index in [1.807, 2.05) is 0 Å². The second-order valence-electron chi connectivity index (χ2n) is 10.2. The first kappa shape index (κ1) is 28.8. The highest BCUT2D eigenvalue weighted by Crippen LogP contribution is 2.40. The van der Waals surface area contributed by atoms with Gasteiger partial charge in [0.1, 0.15) is 5.75 Å². The molecular weight excluding hydrogens is 513 g/mol. The molecule has 1 atom stereocenters. The Bertz CT molecular complexity index is 1300. The lowest BCUT2D eigenvalue weighted by molar-refractivity contribution is -0.153. The molecule has 1 saturated heterocycles. The molecule has 0 spiro atoms. The minimum Gasteiger partial charge on any atom is -0.497 e. The van der Waals surface area contributed by atoms with Crippen LogP contribution < -0.4 is 4.74 Å². The number of rotatable bonds is 11. The van der Waals surface area contributed by atoms with Gasteiger partial charge in [0.25, 0.3) is 0 Å². The average molecular weight is 547 g/mol. The predicted molar refractivity (Wildman–Crippen MR) is 139 cm³/mol. The molecule has 0 aliphatic carbocycles. The van der Waals surface area contributed by atoms with E-state index in [4.69, 9.17) is 4.74 Å². The zero-order valence-electron chi connectivity index (χ0n) is 21.8. The van der Waals surface area contributed by atoms with Gasteiger partial charge in [-0.3, -0.25) is 9.78 Å². The van der Waals surface area contributed by atoms with Gasteiger partial charge in [-0.25, -0.2) is 13.2 Å². The summed E-state index contributed by atoms with van der Waals surface area (Å²) >= 11 is 0. The second-order valence-corrected chi connectivity index (χ2v) is 10.2. The SMILES string of the molecule is COc1ccc2ncc(CO)c([C@H](O)CCC3(C(=O)O)CCN(CCCc4cc(F)c(F)c(F)c4)CC3)c2c1. The molecule has 7 nitrogen and oxygen atoms in total. The first-order valence-corrected chi connectivity index (χ1v) is 13.0. The molecule has 0 radical (unpaired) electrons. The van der Waals surface area contributed by atoms with E-state index in [2.05, 4.69) is 9.88 Å². The minimum atomic E-state index is -1.48. The molecule has 210 valence electrons. The number of hydrogen-bond donors (Lipinski definition) is 3. The van der Waals surface area contributed by atoms with E-state index in [-0.39, 0.29) is 19.4 Å². The van der Waals surface area contributed by atoms with Crippen molar-refractivity contribution in [2.45, 2.75) is 51.2 Å². The number of likely N-dealkylation sites (tertiary alicyclic amines) is 1. The summed E-state index contributed by atoms with van der Waals surface area (Å²) in [4.78, 5) is 18.8. The molecule has 1 aliphatic rings. The first-order valence-electron chi connectivity index (χ1n) is 13.0. The number of hydrogen-bond acceptors (Lipinski definition) is 6. The summed E-state index contributed by atoms with van der Waals surface area (Å²) in [6.45, 7) is 1.37. The standard InChI is InChI=1S/C29H33F3N2O5/c1-39-20-4-5-24-21(15-20)26(19(17-35)16-33-24)25(36)6-7-29(28(37)38)8-11-34(12-9-29)10-2-3-18-13-22(30)27(32)23(31)14-18/h4-5,13-16,25,35-36H,2-3,6-12,17H2,1H3,(H,37,38)/t25-/m1/s1. The van der Waals surface area contributed by atoms with Gasteiger partial charge in [-0.05, 0) is 99.6 Å². The largest absolute Gasteiger partial charge is 0.497 e. The molecule has 10 heteroatoms. The van der Waals surface area contributed by atoms with Crippen molar-refractivity contribution < 1.29 is 38.0 Å². The Morgan fingerprint density at radius 3 is 2.46 bits per heavy atom. The van der Waals surface area contributed by atoms with Crippen molar-refractivity contribution in [1.82, 2.24) is 9.88 Å². The van der Waals surface area contributed by atoms with Crippen molar-refractivity contribution in [3.63, 3.8) is 0 Å². The van der Waals surface area contributed by atoms with Crippen LogP contribution in [-0.4, -0.2) is 57.9 Å². The van der Waals surface area contributed by atoms with Crippen molar-refractivity contribution in [3.8, 4) is 5.75 Å². The number of aliphatic carboxylic acids is 1. The zero-order chi connectivity index (χ0) is 28.2. The van der Waals surface area contributed by atoms with Crippen molar-refractivity contribution >= 4 is 16.9 Å². The van der Waals surface area contributed by atoms with Crippen LogP contribution in [0.5, 0.6) is 5.75 Å². The third-order valence-electron chi connectivity index (χ3n) is 7.85. The number of aryl methyl sites for hydroxylation is 1. The van der Waals surface area contributed by atoms with Crippen molar-refractivity contribution in [2.24, 2.45) is 5.41 Å². The topological polar surface area (TPSA) is 103 Å². The number of methoxy groups -OCH3 is 1. The number of nitrogens with zero attached hydrogens (tertiary/aromatic N) is 2. The number of halogens is 3. The summed E-state index contributed by atoms with van der Waals surface area (Å²) in [7, 11) is 1.53. The van der Waals surface area contributed by atoms with Gasteiger partial charge in [-0.2, -0.15) is 0 Å². The van der Waals surface area contributed by atoms with Crippen LogP contribution in [0.15, 0.2) is 36.5 Å². The summed E-state index contributed by atoms with van der Waals surface area (Å²) in [5, 5.41) is 31.9. The van der Waals surface area contributed by atoms with E-state index < -0.39 is 34.9 Å². The third-order valence-corrected chi connectivity index (χ3v) is 7.85. The Morgan fingerprint density at radius 1 is 1.15 bits per heavy atom. The third kappa shape index (κ3) is 6.34. The maximum Gasteiger partial charge on any atom is 0.309 e. The molecule has 0 bridgehead atoms. The van der Waals surface area contributed by atoms with Crippen molar-refractivity contribution in [2.75, 3.05) is 26.7 Å². The molecule has 0 amide bonds. The highest BCUT2D eigenvalue weighted by atomic mass is 19.2. The van der Waals surface area contributed by atoms with Gasteiger partial charge in [0.05, 0.1) is 30.8 Å². The van der Waals surface area contributed by atoms with E-state index >= 15 is 0 Å². The number of aromatic nitrogens is 1.